The minimum atomic E-state index is 0.174. The molecule has 1 aliphatic heterocycles. The van der Waals surface area contributed by atoms with E-state index in [2.05, 4.69) is 60.8 Å². The summed E-state index contributed by atoms with van der Waals surface area (Å²) in [5.41, 5.74) is 5.20. The molecule has 0 fully saturated rings. The van der Waals surface area contributed by atoms with Gasteiger partial charge in [0.15, 0.2) is 11.5 Å². The molecule has 3 aromatic rings. The van der Waals surface area contributed by atoms with Crippen molar-refractivity contribution in [2.45, 2.75) is 19.4 Å². The Balaban J connectivity index is 1.84. The highest BCUT2D eigenvalue weighted by molar-refractivity contribution is 5.86. The molecule has 0 aromatic heterocycles. The maximum absolute atomic E-state index is 5.52. The van der Waals surface area contributed by atoms with Crippen molar-refractivity contribution in [3.63, 3.8) is 0 Å². The summed E-state index contributed by atoms with van der Waals surface area (Å²) in [6.07, 6.45) is 0.999. The molecule has 0 saturated carbocycles. The van der Waals surface area contributed by atoms with Crippen LogP contribution in [-0.4, -0.2) is 20.8 Å². The maximum atomic E-state index is 5.52. The van der Waals surface area contributed by atoms with Crippen LogP contribution >= 0.6 is 0 Å². The monoisotopic (exact) mass is 333 g/mol. The molecular formula is C22H23NO2. The van der Waals surface area contributed by atoms with Gasteiger partial charge in [-0.05, 0) is 64.6 Å². The zero-order valence-electron chi connectivity index (χ0n) is 14.9. The lowest BCUT2D eigenvalue weighted by atomic mass is 9.88. The fourth-order valence-electron chi connectivity index (χ4n) is 3.81. The van der Waals surface area contributed by atoms with Gasteiger partial charge in [-0.25, -0.2) is 0 Å². The predicted molar refractivity (Wildman–Crippen MR) is 102 cm³/mol. The van der Waals surface area contributed by atoms with Gasteiger partial charge in [-0.2, -0.15) is 0 Å². The summed E-state index contributed by atoms with van der Waals surface area (Å²) in [7, 11) is 3.38. The van der Waals surface area contributed by atoms with Gasteiger partial charge in [0.05, 0.1) is 20.3 Å². The van der Waals surface area contributed by atoms with Crippen LogP contribution in [0.3, 0.4) is 0 Å². The van der Waals surface area contributed by atoms with E-state index in [-0.39, 0.29) is 6.04 Å². The van der Waals surface area contributed by atoms with Crippen molar-refractivity contribution in [1.82, 2.24) is 5.32 Å². The Labute approximate surface area is 148 Å². The first kappa shape index (κ1) is 16.0. The van der Waals surface area contributed by atoms with Crippen LogP contribution in [0, 0.1) is 6.92 Å². The van der Waals surface area contributed by atoms with Gasteiger partial charge in [0.2, 0.25) is 0 Å². The van der Waals surface area contributed by atoms with E-state index >= 15 is 0 Å². The number of rotatable bonds is 3. The van der Waals surface area contributed by atoms with Crippen LogP contribution in [0.5, 0.6) is 11.5 Å². The van der Waals surface area contributed by atoms with Crippen LogP contribution in [0.2, 0.25) is 0 Å². The fourth-order valence-corrected chi connectivity index (χ4v) is 3.81. The summed E-state index contributed by atoms with van der Waals surface area (Å²) in [4.78, 5) is 0. The average Bonchev–Trinajstić information content (AvgIpc) is 2.66. The van der Waals surface area contributed by atoms with Crippen LogP contribution in [0.4, 0.5) is 0 Å². The molecule has 1 N–H and O–H groups in total. The normalized spacial score (nSPS) is 16.5. The molecule has 1 atom stereocenters. The predicted octanol–water partition coefficient (Wildman–Crippen LogP) is 4.40. The van der Waals surface area contributed by atoms with Gasteiger partial charge in [-0.3, -0.25) is 0 Å². The molecule has 1 heterocycles. The third-order valence-corrected chi connectivity index (χ3v) is 5.16. The molecule has 3 aromatic carbocycles. The van der Waals surface area contributed by atoms with Crippen molar-refractivity contribution in [1.29, 1.82) is 0 Å². The maximum Gasteiger partial charge on any atom is 0.161 e. The van der Waals surface area contributed by atoms with Gasteiger partial charge in [-0.15, -0.1) is 0 Å². The second-order valence-electron chi connectivity index (χ2n) is 6.60. The van der Waals surface area contributed by atoms with E-state index in [1.165, 1.54) is 33.0 Å². The number of methoxy groups -OCH3 is 2. The van der Waals surface area contributed by atoms with E-state index in [0.717, 1.165) is 24.5 Å². The lowest BCUT2D eigenvalue weighted by Crippen LogP contribution is -2.30. The van der Waals surface area contributed by atoms with Gasteiger partial charge in [0.25, 0.3) is 0 Å². The lowest BCUT2D eigenvalue weighted by Gasteiger charge is -2.29. The molecule has 0 amide bonds. The van der Waals surface area contributed by atoms with Crippen LogP contribution in [0.25, 0.3) is 10.8 Å². The van der Waals surface area contributed by atoms with Crippen LogP contribution in [0.1, 0.15) is 28.3 Å². The van der Waals surface area contributed by atoms with E-state index in [1.54, 1.807) is 14.2 Å². The van der Waals surface area contributed by atoms with Gasteiger partial charge >= 0.3 is 0 Å². The van der Waals surface area contributed by atoms with Crippen molar-refractivity contribution in [2.24, 2.45) is 0 Å². The van der Waals surface area contributed by atoms with Gasteiger partial charge < -0.3 is 14.8 Å². The summed E-state index contributed by atoms with van der Waals surface area (Å²) in [5.74, 6) is 1.59. The van der Waals surface area contributed by atoms with Crippen molar-refractivity contribution >= 4 is 10.8 Å². The number of ether oxygens (including phenoxy) is 2. The Morgan fingerprint density at radius 3 is 2.56 bits per heavy atom. The first-order valence-corrected chi connectivity index (χ1v) is 8.68. The Kier molecular flexibility index (Phi) is 4.10. The first-order valence-electron chi connectivity index (χ1n) is 8.68. The minimum Gasteiger partial charge on any atom is -0.493 e. The molecule has 0 radical (unpaired) electrons. The highest BCUT2D eigenvalue weighted by atomic mass is 16.5. The van der Waals surface area contributed by atoms with Crippen LogP contribution < -0.4 is 14.8 Å². The number of hydrogen-bond acceptors (Lipinski definition) is 3. The molecule has 3 nitrogen and oxygen atoms in total. The third-order valence-electron chi connectivity index (χ3n) is 5.16. The van der Waals surface area contributed by atoms with Gasteiger partial charge in [0.1, 0.15) is 0 Å². The van der Waals surface area contributed by atoms with Crippen molar-refractivity contribution < 1.29 is 9.47 Å². The molecule has 25 heavy (non-hydrogen) atoms. The van der Waals surface area contributed by atoms with Crippen molar-refractivity contribution in [2.75, 3.05) is 20.8 Å². The zero-order chi connectivity index (χ0) is 17.4. The highest BCUT2D eigenvalue weighted by Crippen LogP contribution is 2.38. The number of hydrogen-bond donors (Lipinski definition) is 1. The van der Waals surface area contributed by atoms with E-state index < -0.39 is 0 Å². The smallest absolute Gasteiger partial charge is 0.161 e. The summed E-state index contributed by atoms with van der Waals surface area (Å²) >= 11 is 0. The quantitative estimate of drug-likeness (QED) is 0.770. The Morgan fingerprint density at radius 1 is 0.960 bits per heavy atom. The second kappa shape index (κ2) is 6.41. The molecule has 3 heteroatoms. The molecular weight excluding hydrogens is 310 g/mol. The number of fused-ring (bicyclic) bond motifs is 2. The topological polar surface area (TPSA) is 30.5 Å². The molecule has 0 bridgehead atoms. The highest BCUT2D eigenvalue weighted by Gasteiger charge is 2.24. The lowest BCUT2D eigenvalue weighted by molar-refractivity contribution is 0.353. The average molecular weight is 333 g/mol. The number of nitrogens with one attached hydrogen (secondary N) is 1. The molecule has 128 valence electrons. The number of aryl methyl sites for hydroxylation is 1. The summed E-state index contributed by atoms with van der Waals surface area (Å²) in [6, 6.07) is 17.6. The number of benzene rings is 3. The second-order valence-corrected chi connectivity index (χ2v) is 6.60. The van der Waals surface area contributed by atoms with Crippen LogP contribution in [-0.2, 0) is 6.42 Å². The molecule has 0 spiro atoms. The van der Waals surface area contributed by atoms with Gasteiger partial charge in [-0.1, -0.05) is 30.3 Å². The summed E-state index contributed by atoms with van der Waals surface area (Å²) < 4.78 is 11.0. The Hall–Kier alpha value is -2.52. The summed E-state index contributed by atoms with van der Waals surface area (Å²) in [5, 5.41) is 6.27. The minimum absolute atomic E-state index is 0.174. The molecule has 0 aliphatic carbocycles. The van der Waals surface area contributed by atoms with E-state index in [9.17, 15) is 0 Å². The largest absolute Gasteiger partial charge is 0.493 e. The zero-order valence-corrected chi connectivity index (χ0v) is 14.9. The molecule has 1 unspecified atom stereocenters. The Bertz CT molecular complexity index is 933. The van der Waals surface area contributed by atoms with E-state index in [1.807, 2.05) is 0 Å². The molecule has 4 rings (SSSR count). The third kappa shape index (κ3) is 2.75. The fraction of sp³-hybridized carbons (Fsp3) is 0.273. The van der Waals surface area contributed by atoms with Gasteiger partial charge in [0, 0.05) is 6.54 Å². The van der Waals surface area contributed by atoms with E-state index in [4.69, 9.17) is 9.47 Å². The first-order chi connectivity index (χ1) is 12.2. The standard InChI is InChI=1S/C22H23NO2/c1-14-5-4-6-15-7-8-17(11-18(14)15)22-19-13-21(25-3)20(24-2)12-16(19)9-10-23-22/h4-8,11-13,22-23H,9-10H2,1-3H3. The van der Waals surface area contributed by atoms with Crippen molar-refractivity contribution in [3.8, 4) is 11.5 Å². The van der Waals surface area contributed by atoms with Crippen molar-refractivity contribution in [3.05, 3.63) is 70.8 Å². The summed E-state index contributed by atoms with van der Waals surface area (Å²) in [6.45, 7) is 3.13. The Morgan fingerprint density at radius 2 is 1.76 bits per heavy atom. The van der Waals surface area contributed by atoms with E-state index in [0.29, 0.717) is 0 Å². The SMILES string of the molecule is COc1cc2c(cc1OC)C(c1ccc3cccc(C)c3c1)NCC2. The molecule has 1 aliphatic rings. The van der Waals surface area contributed by atoms with Crippen LogP contribution in [0.15, 0.2) is 48.5 Å². The molecule has 0 saturated heterocycles.